The predicted octanol–water partition coefficient (Wildman–Crippen LogP) is 3.55. The van der Waals surface area contributed by atoms with Gasteiger partial charge in [-0.25, -0.2) is 9.36 Å². The molecule has 0 unspecified atom stereocenters. The second-order valence-electron chi connectivity index (χ2n) is 6.88. The topological polar surface area (TPSA) is 52.7 Å². The first kappa shape index (κ1) is 16.4. The zero-order valence-corrected chi connectivity index (χ0v) is 15.0. The number of aryl methyl sites for hydroxylation is 4. The van der Waals surface area contributed by atoms with Crippen LogP contribution in [-0.2, 0) is 6.54 Å². The van der Waals surface area contributed by atoms with Gasteiger partial charge in [0, 0.05) is 11.9 Å². The van der Waals surface area contributed by atoms with Gasteiger partial charge >= 0.3 is 0 Å². The lowest BCUT2D eigenvalue weighted by molar-refractivity contribution is 0.471. The Morgan fingerprint density at radius 3 is 2.54 bits per heavy atom. The van der Waals surface area contributed by atoms with Gasteiger partial charge in [-0.3, -0.25) is 4.79 Å². The lowest BCUT2D eigenvalue weighted by atomic mass is 10.1. The molecule has 5 nitrogen and oxygen atoms in total. The van der Waals surface area contributed by atoms with Crippen LogP contribution in [0.3, 0.4) is 0 Å². The maximum absolute atomic E-state index is 12.9. The molecule has 126 valence electrons. The van der Waals surface area contributed by atoms with Gasteiger partial charge in [0.25, 0.3) is 5.56 Å². The summed E-state index contributed by atoms with van der Waals surface area (Å²) in [6.07, 6.45) is 2.66. The van der Waals surface area contributed by atoms with E-state index in [0.29, 0.717) is 18.0 Å². The van der Waals surface area contributed by atoms with Crippen molar-refractivity contribution in [3.63, 3.8) is 0 Å². The van der Waals surface area contributed by atoms with Crippen molar-refractivity contribution in [2.24, 2.45) is 5.92 Å². The molecule has 0 aliphatic rings. The third kappa shape index (κ3) is 2.86. The third-order valence-electron chi connectivity index (χ3n) is 4.52. The van der Waals surface area contributed by atoms with Gasteiger partial charge in [0.15, 0.2) is 0 Å². The van der Waals surface area contributed by atoms with Crippen molar-refractivity contribution >= 4 is 10.9 Å². The van der Waals surface area contributed by atoms with Crippen LogP contribution in [0.15, 0.2) is 29.2 Å². The molecule has 2 heterocycles. The van der Waals surface area contributed by atoms with Crippen LogP contribution in [0, 0.1) is 26.7 Å². The molecule has 24 heavy (non-hydrogen) atoms. The monoisotopic (exact) mass is 324 g/mol. The van der Waals surface area contributed by atoms with Gasteiger partial charge in [0.05, 0.1) is 17.6 Å². The van der Waals surface area contributed by atoms with E-state index in [4.69, 9.17) is 0 Å². The fourth-order valence-corrected chi connectivity index (χ4v) is 2.81. The number of fused-ring (bicyclic) bond motifs is 1. The van der Waals surface area contributed by atoms with E-state index >= 15 is 0 Å². The summed E-state index contributed by atoms with van der Waals surface area (Å²) in [5, 5.41) is 9.74. The van der Waals surface area contributed by atoms with Gasteiger partial charge in [-0.15, -0.1) is 0 Å². The highest BCUT2D eigenvalue weighted by molar-refractivity contribution is 5.81. The molecule has 0 amide bonds. The molecule has 0 fully saturated rings. The Hall–Kier alpha value is -2.43. The normalized spacial score (nSPS) is 11.6. The number of rotatable bonds is 4. The Bertz CT molecular complexity index is 950. The number of hydrogen-bond acceptors (Lipinski definition) is 3. The summed E-state index contributed by atoms with van der Waals surface area (Å²) in [4.78, 5) is 12.9. The van der Waals surface area contributed by atoms with Crippen molar-refractivity contribution in [2.75, 3.05) is 0 Å². The minimum atomic E-state index is -0.0769. The Balaban J connectivity index is 2.19. The molecule has 0 atom stereocenters. The number of aromatic nitrogens is 4. The highest BCUT2D eigenvalue weighted by Gasteiger charge is 2.15. The summed E-state index contributed by atoms with van der Waals surface area (Å²) in [6, 6.07) is 6.13. The molecule has 2 aromatic heterocycles. The van der Waals surface area contributed by atoms with E-state index in [-0.39, 0.29) is 5.56 Å². The second-order valence-corrected chi connectivity index (χ2v) is 6.88. The molecule has 0 radical (unpaired) electrons. The van der Waals surface area contributed by atoms with E-state index in [2.05, 4.69) is 50.0 Å². The van der Waals surface area contributed by atoms with Crippen LogP contribution in [0.1, 0.15) is 37.1 Å². The highest BCUT2D eigenvalue weighted by Crippen LogP contribution is 2.19. The van der Waals surface area contributed by atoms with Crippen LogP contribution in [0.2, 0.25) is 0 Å². The Labute approximate surface area is 141 Å². The first-order chi connectivity index (χ1) is 11.4. The van der Waals surface area contributed by atoms with Crippen molar-refractivity contribution in [1.82, 2.24) is 19.6 Å². The molecule has 3 aromatic rings. The summed E-state index contributed by atoms with van der Waals surface area (Å²) in [6.45, 7) is 11.0. The number of benzene rings is 1. The lowest BCUT2D eigenvalue weighted by Crippen LogP contribution is -2.26. The summed E-state index contributed by atoms with van der Waals surface area (Å²) >= 11 is 0. The fourth-order valence-electron chi connectivity index (χ4n) is 2.81. The second kappa shape index (κ2) is 6.23. The van der Waals surface area contributed by atoms with Crippen molar-refractivity contribution in [3.8, 4) is 5.69 Å². The average Bonchev–Trinajstić information content (AvgIpc) is 2.98. The SMILES string of the molecule is Cc1ccc(-n2ncc3c(C)nn(CCC(C)C)c(=O)c32)cc1C. The quantitative estimate of drug-likeness (QED) is 0.737. The van der Waals surface area contributed by atoms with Gasteiger partial charge in [-0.05, 0) is 56.4 Å². The Morgan fingerprint density at radius 1 is 1.12 bits per heavy atom. The average molecular weight is 324 g/mol. The predicted molar refractivity (Wildman–Crippen MR) is 96.8 cm³/mol. The standard InChI is InChI=1S/C19H24N4O/c1-12(2)8-9-22-19(24)18-17(15(5)21-22)11-20-23(18)16-7-6-13(3)14(4)10-16/h6-7,10-12H,8-9H2,1-5H3. The Kier molecular flexibility index (Phi) is 4.26. The van der Waals surface area contributed by atoms with Gasteiger partial charge < -0.3 is 0 Å². The first-order valence-corrected chi connectivity index (χ1v) is 8.41. The summed E-state index contributed by atoms with van der Waals surface area (Å²) in [7, 11) is 0. The van der Waals surface area contributed by atoms with Crippen molar-refractivity contribution in [1.29, 1.82) is 0 Å². The maximum atomic E-state index is 12.9. The molecule has 0 N–H and O–H groups in total. The van der Waals surface area contributed by atoms with Gasteiger partial charge in [-0.2, -0.15) is 10.2 Å². The molecule has 0 bridgehead atoms. The summed E-state index contributed by atoms with van der Waals surface area (Å²) in [5.41, 5.74) is 4.68. The van der Waals surface area contributed by atoms with Crippen LogP contribution in [0.25, 0.3) is 16.6 Å². The maximum Gasteiger partial charge on any atom is 0.293 e. The molecule has 0 saturated heterocycles. The van der Waals surface area contributed by atoms with Crippen LogP contribution < -0.4 is 5.56 Å². The molecular formula is C19H24N4O. The van der Waals surface area contributed by atoms with Crippen LogP contribution in [0.5, 0.6) is 0 Å². The summed E-state index contributed by atoms with van der Waals surface area (Å²) < 4.78 is 3.32. The molecule has 0 saturated carbocycles. The molecule has 0 aliphatic carbocycles. The first-order valence-electron chi connectivity index (χ1n) is 8.41. The lowest BCUT2D eigenvalue weighted by Gasteiger charge is -2.10. The van der Waals surface area contributed by atoms with E-state index in [9.17, 15) is 4.79 Å². The van der Waals surface area contributed by atoms with E-state index in [0.717, 1.165) is 23.2 Å². The fraction of sp³-hybridized carbons (Fsp3) is 0.421. The highest BCUT2D eigenvalue weighted by atomic mass is 16.1. The minimum absolute atomic E-state index is 0.0769. The third-order valence-corrected chi connectivity index (χ3v) is 4.52. The number of nitrogens with zero attached hydrogens (tertiary/aromatic N) is 4. The summed E-state index contributed by atoms with van der Waals surface area (Å²) in [5.74, 6) is 0.527. The molecule has 0 spiro atoms. The zero-order chi connectivity index (χ0) is 17.4. The molecular weight excluding hydrogens is 300 g/mol. The molecule has 5 heteroatoms. The molecule has 1 aromatic carbocycles. The Morgan fingerprint density at radius 2 is 1.88 bits per heavy atom. The van der Waals surface area contributed by atoms with Crippen LogP contribution >= 0.6 is 0 Å². The minimum Gasteiger partial charge on any atom is -0.265 e. The largest absolute Gasteiger partial charge is 0.293 e. The van der Waals surface area contributed by atoms with E-state index < -0.39 is 0 Å². The molecule has 3 rings (SSSR count). The van der Waals surface area contributed by atoms with E-state index in [1.54, 1.807) is 15.6 Å². The van der Waals surface area contributed by atoms with E-state index in [1.165, 1.54) is 11.1 Å². The smallest absolute Gasteiger partial charge is 0.265 e. The van der Waals surface area contributed by atoms with Crippen LogP contribution in [0.4, 0.5) is 0 Å². The van der Waals surface area contributed by atoms with Crippen molar-refractivity contribution < 1.29 is 0 Å². The van der Waals surface area contributed by atoms with Crippen molar-refractivity contribution in [2.45, 2.75) is 47.6 Å². The number of hydrogen-bond donors (Lipinski definition) is 0. The van der Waals surface area contributed by atoms with Gasteiger partial charge in [0.1, 0.15) is 5.52 Å². The van der Waals surface area contributed by atoms with Crippen molar-refractivity contribution in [3.05, 3.63) is 51.6 Å². The molecule has 0 aliphatic heterocycles. The zero-order valence-electron chi connectivity index (χ0n) is 15.0. The van der Waals surface area contributed by atoms with Gasteiger partial charge in [0.2, 0.25) is 0 Å². The van der Waals surface area contributed by atoms with E-state index in [1.807, 2.05) is 13.0 Å². The van der Waals surface area contributed by atoms with Gasteiger partial charge in [-0.1, -0.05) is 19.9 Å². The van der Waals surface area contributed by atoms with Crippen LogP contribution in [-0.4, -0.2) is 19.6 Å².